The monoisotopic (exact) mass is 196 g/mol. The molecule has 0 bridgehead atoms. The van der Waals surface area contributed by atoms with Crippen molar-refractivity contribution >= 4 is 5.97 Å². The molecule has 14 heavy (non-hydrogen) atoms. The molecule has 5 heteroatoms. The van der Waals surface area contributed by atoms with E-state index in [4.69, 9.17) is 5.11 Å². The molecule has 0 fully saturated rings. The van der Waals surface area contributed by atoms with Crippen LogP contribution >= 0.6 is 0 Å². The smallest absolute Gasteiger partial charge is 0.308 e. The third kappa shape index (κ3) is 2.18. The second-order valence-corrected chi connectivity index (χ2v) is 3.00. The summed E-state index contributed by atoms with van der Waals surface area (Å²) < 4.78 is 1.27. The molecular formula is C9H12N2O3. The van der Waals surface area contributed by atoms with Gasteiger partial charge in [0.15, 0.2) is 0 Å². The van der Waals surface area contributed by atoms with E-state index in [0.717, 1.165) is 0 Å². The van der Waals surface area contributed by atoms with Crippen molar-refractivity contribution in [2.75, 3.05) is 0 Å². The standard InChI is InChI=1S/C9H12N2O3/c1-3-11-9(14)7(5-8(12)13)4-6(2)10-11/h4H,3,5H2,1-2H3,(H,12,13). The van der Waals surface area contributed by atoms with Gasteiger partial charge >= 0.3 is 5.97 Å². The summed E-state index contributed by atoms with van der Waals surface area (Å²) in [5.74, 6) is -1.00. The molecule has 0 aliphatic rings. The number of carboxylic acid groups (broad SMARTS) is 1. The van der Waals surface area contributed by atoms with Gasteiger partial charge in [0.2, 0.25) is 0 Å². The first kappa shape index (κ1) is 10.4. The molecule has 0 spiro atoms. The normalized spacial score (nSPS) is 10.1. The predicted molar refractivity (Wildman–Crippen MR) is 50.2 cm³/mol. The second-order valence-electron chi connectivity index (χ2n) is 3.00. The first-order valence-corrected chi connectivity index (χ1v) is 4.34. The molecule has 1 aromatic heterocycles. The van der Waals surface area contributed by atoms with E-state index in [9.17, 15) is 9.59 Å². The van der Waals surface area contributed by atoms with Gasteiger partial charge in [-0.3, -0.25) is 9.59 Å². The van der Waals surface area contributed by atoms with Crippen molar-refractivity contribution in [3.63, 3.8) is 0 Å². The summed E-state index contributed by atoms with van der Waals surface area (Å²) in [6.45, 7) is 3.97. The van der Waals surface area contributed by atoms with Gasteiger partial charge in [0.25, 0.3) is 5.56 Å². The molecule has 0 aliphatic heterocycles. The van der Waals surface area contributed by atoms with Gasteiger partial charge in [-0.05, 0) is 19.9 Å². The first-order valence-electron chi connectivity index (χ1n) is 4.34. The highest BCUT2D eigenvalue weighted by Gasteiger charge is 2.08. The first-order chi connectivity index (χ1) is 6.54. The Kier molecular flexibility index (Phi) is 3.01. The van der Waals surface area contributed by atoms with Gasteiger partial charge in [-0.1, -0.05) is 0 Å². The van der Waals surface area contributed by atoms with Crippen molar-refractivity contribution in [3.8, 4) is 0 Å². The van der Waals surface area contributed by atoms with Crippen molar-refractivity contribution in [2.24, 2.45) is 0 Å². The summed E-state index contributed by atoms with van der Waals surface area (Å²) >= 11 is 0. The van der Waals surface area contributed by atoms with E-state index in [1.54, 1.807) is 13.8 Å². The number of hydrogen-bond acceptors (Lipinski definition) is 3. The summed E-state index contributed by atoms with van der Waals surface area (Å²) in [7, 11) is 0. The molecule has 0 saturated carbocycles. The summed E-state index contributed by atoms with van der Waals surface area (Å²) in [6, 6.07) is 1.52. The van der Waals surface area contributed by atoms with Gasteiger partial charge in [0.05, 0.1) is 12.1 Å². The molecule has 1 aromatic rings. The quantitative estimate of drug-likeness (QED) is 0.749. The van der Waals surface area contributed by atoms with E-state index in [2.05, 4.69) is 5.10 Å². The van der Waals surface area contributed by atoms with E-state index in [-0.39, 0.29) is 17.5 Å². The molecule has 0 saturated heterocycles. The molecule has 5 nitrogen and oxygen atoms in total. The minimum atomic E-state index is -1.00. The Morgan fingerprint density at radius 2 is 2.29 bits per heavy atom. The van der Waals surface area contributed by atoms with Crippen molar-refractivity contribution < 1.29 is 9.90 Å². The fourth-order valence-electron chi connectivity index (χ4n) is 1.25. The van der Waals surface area contributed by atoms with Crippen molar-refractivity contribution in [3.05, 3.63) is 27.7 Å². The number of aliphatic carboxylic acids is 1. The van der Waals surface area contributed by atoms with Gasteiger partial charge in [-0.2, -0.15) is 5.10 Å². The molecule has 0 aliphatic carbocycles. The SMILES string of the molecule is CCn1nc(C)cc(CC(=O)O)c1=O. The number of rotatable bonds is 3. The fraction of sp³-hybridized carbons (Fsp3) is 0.444. The highest BCUT2D eigenvalue weighted by Crippen LogP contribution is 1.96. The Bertz CT molecular complexity index is 409. The summed E-state index contributed by atoms with van der Waals surface area (Å²) in [6.07, 6.45) is -0.248. The number of hydrogen-bond donors (Lipinski definition) is 1. The summed E-state index contributed by atoms with van der Waals surface area (Å²) in [5.41, 5.74) is 0.620. The maximum atomic E-state index is 11.5. The molecule has 0 amide bonds. The molecule has 1 rings (SSSR count). The Hall–Kier alpha value is -1.65. The minimum Gasteiger partial charge on any atom is -0.481 e. The van der Waals surface area contributed by atoms with E-state index >= 15 is 0 Å². The highest BCUT2D eigenvalue weighted by molar-refractivity contribution is 5.69. The average molecular weight is 196 g/mol. The zero-order valence-corrected chi connectivity index (χ0v) is 8.15. The van der Waals surface area contributed by atoms with E-state index in [1.165, 1.54) is 10.7 Å². The highest BCUT2D eigenvalue weighted by atomic mass is 16.4. The largest absolute Gasteiger partial charge is 0.481 e. The predicted octanol–water partition coefficient (Wildman–Crippen LogP) is 0.199. The lowest BCUT2D eigenvalue weighted by Crippen LogP contribution is -2.27. The van der Waals surface area contributed by atoms with Crippen molar-refractivity contribution in [1.29, 1.82) is 0 Å². The molecular weight excluding hydrogens is 184 g/mol. The van der Waals surface area contributed by atoms with Crippen LogP contribution in [0.15, 0.2) is 10.9 Å². The molecule has 0 aromatic carbocycles. The average Bonchev–Trinajstić information content (AvgIpc) is 2.09. The maximum absolute atomic E-state index is 11.5. The van der Waals surface area contributed by atoms with Crippen LogP contribution in [0.5, 0.6) is 0 Å². The molecule has 76 valence electrons. The van der Waals surface area contributed by atoms with Crippen LogP contribution in [-0.2, 0) is 17.8 Å². The van der Waals surface area contributed by atoms with Gasteiger partial charge in [-0.25, -0.2) is 4.68 Å². The van der Waals surface area contributed by atoms with Crippen molar-refractivity contribution in [1.82, 2.24) is 9.78 Å². The Balaban J connectivity index is 3.22. The van der Waals surface area contributed by atoms with Gasteiger partial charge in [-0.15, -0.1) is 0 Å². The summed E-state index contributed by atoms with van der Waals surface area (Å²) in [4.78, 5) is 22.0. The topological polar surface area (TPSA) is 72.2 Å². The Labute approximate surface area is 81.0 Å². The minimum absolute atomic E-state index is 0.248. The van der Waals surface area contributed by atoms with Gasteiger partial charge in [0.1, 0.15) is 0 Å². The molecule has 1 heterocycles. The lowest BCUT2D eigenvalue weighted by molar-refractivity contribution is -0.136. The number of nitrogens with zero attached hydrogens (tertiary/aromatic N) is 2. The van der Waals surface area contributed by atoms with Crippen LogP contribution in [-0.4, -0.2) is 20.9 Å². The zero-order valence-electron chi connectivity index (χ0n) is 8.15. The van der Waals surface area contributed by atoms with Crippen LogP contribution < -0.4 is 5.56 Å². The van der Waals surface area contributed by atoms with E-state index in [1.807, 2.05) is 0 Å². The lowest BCUT2D eigenvalue weighted by atomic mass is 10.2. The number of aryl methyl sites for hydroxylation is 2. The third-order valence-corrected chi connectivity index (χ3v) is 1.81. The van der Waals surface area contributed by atoms with E-state index < -0.39 is 5.97 Å². The van der Waals surface area contributed by atoms with Gasteiger partial charge < -0.3 is 5.11 Å². The van der Waals surface area contributed by atoms with Crippen LogP contribution in [0.3, 0.4) is 0 Å². The van der Waals surface area contributed by atoms with Crippen LogP contribution in [0.25, 0.3) is 0 Å². The number of carbonyl (C=O) groups is 1. The summed E-state index contributed by atoms with van der Waals surface area (Å²) in [5, 5.41) is 12.5. The second kappa shape index (κ2) is 4.04. The third-order valence-electron chi connectivity index (χ3n) is 1.81. The van der Waals surface area contributed by atoms with Crippen LogP contribution in [0.2, 0.25) is 0 Å². The van der Waals surface area contributed by atoms with Crippen LogP contribution in [0, 0.1) is 6.92 Å². The maximum Gasteiger partial charge on any atom is 0.308 e. The number of carboxylic acids is 1. The van der Waals surface area contributed by atoms with E-state index in [0.29, 0.717) is 12.2 Å². The molecule has 0 unspecified atom stereocenters. The fourth-order valence-corrected chi connectivity index (χ4v) is 1.25. The Morgan fingerprint density at radius 1 is 1.64 bits per heavy atom. The van der Waals surface area contributed by atoms with Crippen LogP contribution in [0.4, 0.5) is 0 Å². The van der Waals surface area contributed by atoms with Crippen molar-refractivity contribution in [2.45, 2.75) is 26.8 Å². The molecule has 0 radical (unpaired) electrons. The van der Waals surface area contributed by atoms with Crippen LogP contribution in [0.1, 0.15) is 18.2 Å². The number of aromatic nitrogens is 2. The zero-order chi connectivity index (χ0) is 10.7. The lowest BCUT2D eigenvalue weighted by Gasteiger charge is -2.04. The molecule has 1 N–H and O–H groups in total. The Morgan fingerprint density at radius 3 is 2.79 bits per heavy atom. The van der Waals surface area contributed by atoms with Gasteiger partial charge in [0, 0.05) is 12.1 Å². The molecule has 0 atom stereocenters.